The van der Waals surface area contributed by atoms with Gasteiger partial charge in [0.1, 0.15) is 17.9 Å². The predicted octanol–water partition coefficient (Wildman–Crippen LogP) is 3.59. The van der Waals surface area contributed by atoms with Gasteiger partial charge in [0.15, 0.2) is 0 Å². The quantitative estimate of drug-likeness (QED) is 0.248. The summed E-state index contributed by atoms with van der Waals surface area (Å²) in [7, 11) is 4.12. The summed E-state index contributed by atoms with van der Waals surface area (Å²) < 4.78 is 6.13. The van der Waals surface area contributed by atoms with Gasteiger partial charge in [-0.1, -0.05) is 24.3 Å². The molecule has 6 rings (SSSR count). The number of phenols is 1. The average molecular weight is 543 g/mol. The Labute approximate surface area is 235 Å². The maximum Gasteiger partial charge on any atom is 0.318 e. The van der Waals surface area contributed by atoms with E-state index in [-0.39, 0.29) is 5.75 Å². The lowest BCUT2D eigenvalue weighted by molar-refractivity contribution is -0.104. The van der Waals surface area contributed by atoms with Gasteiger partial charge in [0.05, 0.1) is 18.8 Å². The summed E-state index contributed by atoms with van der Waals surface area (Å²) in [5.74, 6) is 1.26. The van der Waals surface area contributed by atoms with Crippen LogP contribution < -0.4 is 14.5 Å². The van der Waals surface area contributed by atoms with E-state index in [1.54, 1.807) is 6.08 Å². The number of anilines is 2. The van der Waals surface area contributed by atoms with Gasteiger partial charge in [-0.3, -0.25) is 4.79 Å². The Morgan fingerprint density at radius 1 is 1.10 bits per heavy atom. The van der Waals surface area contributed by atoms with Crippen LogP contribution in [0.1, 0.15) is 30.5 Å². The van der Waals surface area contributed by atoms with Crippen molar-refractivity contribution < 1.29 is 14.6 Å². The summed E-state index contributed by atoms with van der Waals surface area (Å²) in [5.41, 5.74) is 3.20. The van der Waals surface area contributed by atoms with Crippen molar-refractivity contribution in [2.24, 2.45) is 0 Å². The number of hydrogen-bond donors (Lipinski definition) is 1. The first-order chi connectivity index (χ1) is 19.5. The highest BCUT2D eigenvalue weighted by molar-refractivity contribution is 5.95. The molecule has 2 aromatic carbocycles. The number of hydrogen-bond acceptors (Lipinski definition) is 9. The molecule has 0 aliphatic carbocycles. The van der Waals surface area contributed by atoms with Crippen LogP contribution in [0.3, 0.4) is 0 Å². The maximum absolute atomic E-state index is 11.0. The molecule has 3 aliphatic heterocycles. The number of aromatic hydroxyl groups is 1. The van der Waals surface area contributed by atoms with Crippen molar-refractivity contribution in [1.29, 1.82) is 0 Å². The smallest absolute Gasteiger partial charge is 0.318 e. The normalized spacial score (nSPS) is 20.5. The van der Waals surface area contributed by atoms with Gasteiger partial charge in [-0.15, -0.1) is 0 Å². The lowest BCUT2D eigenvalue weighted by Gasteiger charge is -2.42. The fourth-order valence-corrected chi connectivity index (χ4v) is 6.49. The number of aromatic nitrogens is 2. The lowest BCUT2D eigenvalue weighted by atomic mass is 10.0. The molecule has 0 spiro atoms. The highest BCUT2D eigenvalue weighted by Crippen LogP contribution is 2.38. The summed E-state index contributed by atoms with van der Waals surface area (Å²) in [6, 6.07) is 13.0. The number of aldehydes is 1. The van der Waals surface area contributed by atoms with E-state index in [2.05, 4.69) is 39.8 Å². The standard InChI is InChI=1S/C31H38N6O3/c1-34(2)12-6-16-40-31-32-28-21-35(29-18-25(39)17-22-7-3-4-8-26(22)29)14-11-27(28)30(33-31)36-19-23-9-10-24(20-36)37(23)13-5-15-38/h3-5,7-8,13,15,17-18,23-24,39H,6,9-12,14,16,19-21H2,1-2H3. The Balaban J connectivity index is 1.31. The summed E-state index contributed by atoms with van der Waals surface area (Å²) in [4.78, 5) is 30.1. The van der Waals surface area contributed by atoms with Crippen molar-refractivity contribution in [3.63, 3.8) is 0 Å². The molecule has 4 heterocycles. The number of piperazine rings is 1. The highest BCUT2D eigenvalue weighted by Gasteiger charge is 2.40. The van der Waals surface area contributed by atoms with Crippen LogP contribution in [0.15, 0.2) is 48.7 Å². The SMILES string of the molecule is CN(C)CCCOc1nc2c(c(N3CC4CCC(C3)N4C=CC=O)n1)CCN(c1cc(O)cc3ccccc13)C2. The molecule has 2 atom stereocenters. The number of allylic oxidation sites excluding steroid dienone is 1. The minimum absolute atomic E-state index is 0.268. The number of carbonyl (C=O) groups excluding carboxylic acids is 1. The van der Waals surface area contributed by atoms with Crippen molar-refractivity contribution in [1.82, 2.24) is 19.8 Å². The van der Waals surface area contributed by atoms with Crippen LogP contribution in [0.25, 0.3) is 10.8 Å². The summed E-state index contributed by atoms with van der Waals surface area (Å²) >= 11 is 0. The van der Waals surface area contributed by atoms with E-state index in [0.717, 1.165) is 86.1 Å². The van der Waals surface area contributed by atoms with Crippen LogP contribution in [-0.2, 0) is 17.8 Å². The Morgan fingerprint density at radius 3 is 2.67 bits per heavy atom. The Morgan fingerprint density at radius 2 is 1.90 bits per heavy atom. The van der Waals surface area contributed by atoms with E-state index in [0.29, 0.717) is 31.2 Å². The van der Waals surface area contributed by atoms with Crippen LogP contribution in [0.2, 0.25) is 0 Å². The molecular weight excluding hydrogens is 504 g/mol. The number of nitrogens with zero attached hydrogens (tertiary/aromatic N) is 6. The monoisotopic (exact) mass is 542 g/mol. The van der Waals surface area contributed by atoms with Crippen molar-refractivity contribution in [3.05, 3.63) is 59.9 Å². The molecule has 3 aromatic rings. The zero-order valence-electron chi connectivity index (χ0n) is 23.4. The van der Waals surface area contributed by atoms with Crippen LogP contribution in [0.4, 0.5) is 11.5 Å². The Bertz CT molecular complexity index is 1400. The van der Waals surface area contributed by atoms with Crippen molar-refractivity contribution in [3.8, 4) is 11.8 Å². The number of carbonyl (C=O) groups is 1. The third kappa shape index (κ3) is 5.30. The molecule has 2 saturated heterocycles. The second-order valence-electron chi connectivity index (χ2n) is 11.3. The molecule has 2 fully saturated rings. The van der Waals surface area contributed by atoms with Crippen LogP contribution in [0, 0.1) is 0 Å². The number of phenolic OH excluding ortho intramolecular Hbond substituents is 1. The lowest BCUT2D eigenvalue weighted by Crippen LogP contribution is -2.52. The predicted molar refractivity (Wildman–Crippen MR) is 157 cm³/mol. The van der Waals surface area contributed by atoms with Gasteiger partial charge in [-0.2, -0.15) is 9.97 Å². The third-order valence-electron chi connectivity index (χ3n) is 8.34. The molecule has 1 N–H and O–H groups in total. The summed E-state index contributed by atoms with van der Waals surface area (Å²) in [6.07, 6.45) is 8.36. The topological polar surface area (TPSA) is 85.3 Å². The van der Waals surface area contributed by atoms with Crippen LogP contribution in [-0.4, -0.2) is 90.1 Å². The maximum atomic E-state index is 11.0. The molecule has 2 bridgehead atoms. The van der Waals surface area contributed by atoms with Crippen LogP contribution in [0.5, 0.6) is 11.8 Å². The van der Waals surface area contributed by atoms with Gasteiger partial charge in [-0.05, 0) is 57.3 Å². The molecule has 3 aliphatic rings. The molecule has 0 saturated carbocycles. The van der Waals surface area contributed by atoms with Gasteiger partial charge in [0.25, 0.3) is 0 Å². The zero-order valence-corrected chi connectivity index (χ0v) is 23.4. The molecule has 40 heavy (non-hydrogen) atoms. The minimum Gasteiger partial charge on any atom is -0.508 e. The molecule has 0 radical (unpaired) electrons. The first-order valence-corrected chi connectivity index (χ1v) is 14.3. The van der Waals surface area contributed by atoms with E-state index in [1.807, 2.05) is 36.5 Å². The summed E-state index contributed by atoms with van der Waals surface area (Å²) in [6.45, 7) is 4.67. The number of fused-ring (bicyclic) bond motifs is 4. The zero-order chi connectivity index (χ0) is 27.6. The highest BCUT2D eigenvalue weighted by atomic mass is 16.5. The fraction of sp³-hybridized carbons (Fsp3) is 0.452. The van der Waals surface area contributed by atoms with E-state index in [9.17, 15) is 9.90 Å². The van der Waals surface area contributed by atoms with Gasteiger partial charge in [0.2, 0.25) is 0 Å². The number of ether oxygens (including phenoxy) is 1. The largest absolute Gasteiger partial charge is 0.508 e. The van der Waals surface area contributed by atoms with Crippen molar-refractivity contribution in [2.45, 2.75) is 44.3 Å². The van der Waals surface area contributed by atoms with Gasteiger partial charge < -0.3 is 29.4 Å². The van der Waals surface area contributed by atoms with Crippen LogP contribution >= 0.6 is 0 Å². The Kier molecular flexibility index (Phi) is 7.47. The molecule has 1 aromatic heterocycles. The van der Waals surface area contributed by atoms with Crippen molar-refractivity contribution in [2.75, 3.05) is 56.7 Å². The number of benzene rings is 2. The van der Waals surface area contributed by atoms with Crippen molar-refractivity contribution >= 4 is 28.6 Å². The fourth-order valence-electron chi connectivity index (χ4n) is 6.49. The van der Waals surface area contributed by atoms with E-state index >= 15 is 0 Å². The molecule has 9 nitrogen and oxygen atoms in total. The first kappa shape index (κ1) is 26.4. The molecule has 9 heteroatoms. The summed E-state index contributed by atoms with van der Waals surface area (Å²) in [5, 5.41) is 12.6. The molecular formula is C31H38N6O3. The minimum atomic E-state index is 0.268. The van der Waals surface area contributed by atoms with Gasteiger partial charge in [-0.25, -0.2) is 0 Å². The molecule has 0 amide bonds. The van der Waals surface area contributed by atoms with E-state index in [4.69, 9.17) is 14.7 Å². The second kappa shape index (κ2) is 11.3. The van der Waals surface area contributed by atoms with Gasteiger partial charge >= 0.3 is 6.01 Å². The number of rotatable bonds is 9. The molecule has 210 valence electrons. The van der Waals surface area contributed by atoms with E-state index < -0.39 is 0 Å². The third-order valence-corrected chi connectivity index (χ3v) is 8.34. The molecule has 2 unspecified atom stereocenters. The average Bonchev–Trinajstić information content (AvgIpc) is 3.18. The second-order valence-corrected chi connectivity index (χ2v) is 11.3. The first-order valence-electron chi connectivity index (χ1n) is 14.3. The Hall–Kier alpha value is -3.85. The van der Waals surface area contributed by atoms with E-state index in [1.165, 1.54) is 5.56 Å². The van der Waals surface area contributed by atoms with Gasteiger partial charge in [0, 0.05) is 67.2 Å².